The standard InChI is InChI=1S/C9H12ClNO3S/c1-14-11-15(12,13)9-4-2-8(3-5-9)6-7-10/h2-5,11H,6-7H2,1H3. The molecule has 6 heteroatoms. The van der Waals surface area contributed by atoms with Crippen LogP contribution in [0.3, 0.4) is 0 Å². The first-order valence-corrected chi connectivity index (χ1v) is 6.31. The number of rotatable bonds is 5. The molecule has 1 rings (SSSR count). The highest BCUT2D eigenvalue weighted by molar-refractivity contribution is 7.89. The topological polar surface area (TPSA) is 55.4 Å². The quantitative estimate of drug-likeness (QED) is 0.632. The second-order valence-electron chi connectivity index (χ2n) is 2.87. The van der Waals surface area contributed by atoms with Crippen LogP contribution in [0.2, 0.25) is 0 Å². The summed E-state index contributed by atoms with van der Waals surface area (Å²) in [7, 11) is -2.30. The summed E-state index contributed by atoms with van der Waals surface area (Å²) in [5, 5.41) is 0. The maximum absolute atomic E-state index is 11.4. The van der Waals surface area contributed by atoms with E-state index in [1.165, 1.54) is 19.2 Å². The summed E-state index contributed by atoms with van der Waals surface area (Å²) in [4.78, 5) is 6.48. The highest BCUT2D eigenvalue weighted by Gasteiger charge is 2.12. The fraction of sp³-hybridized carbons (Fsp3) is 0.333. The predicted molar refractivity (Wildman–Crippen MR) is 58.2 cm³/mol. The molecule has 0 radical (unpaired) electrons. The minimum Gasteiger partial charge on any atom is -0.290 e. The van der Waals surface area contributed by atoms with E-state index < -0.39 is 10.0 Å². The van der Waals surface area contributed by atoms with E-state index in [0.29, 0.717) is 5.88 Å². The number of sulfonamides is 1. The lowest BCUT2D eigenvalue weighted by Crippen LogP contribution is -2.22. The number of alkyl halides is 1. The van der Waals surface area contributed by atoms with Crippen LogP contribution in [-0.2, 0) is 21.3 Å². The average Bonchev–Trinajstić information content (AvgIpc) is 2.19. The maximum Gasteiger partial charge on any atom is 0.262 e. The third-order valence-corrected chi connectivity index (χ3v) is 3.28. The number of aryl methyl sites for hydroxylation is 1. The van der Waals surface area contributed by atoms with Crippen LogP contribution in [0.4, 0.5) is 0 Å². The fourth-order valence-electron chi connectivity index (χ4n) is 1.10. The summed E-state index contributed by atoms with van der Waals surface area (Å²) in [6.45, 7) is 0. The SMILES string of the molecule is CONS(=O)(=O)c1ccc(CCCl)cc1. The molecule has 0 saturated carbocycles. The van der Waals surface area contributed by atoms with Crippen molar-refractivity contribution in [3.05, 3.63) is 29.8 Å². The van der Waals surface area contributed by atoms with Gasteiger partial charge in [0.1, 0.15) is 0 Å². The Morgan fingerprint density at radius 2 is 1.93 bits per heavy atom. The molecule has 0 aliphatic heterocycles. The summed E-state index contributed by atoms with van der Waals surface area (Å²) >= 11 is 5.56. The summed E-state index contributed by atoms with van der Waals surface area (Å²) in [6.07, 6.45) is 0.722. The fourth-order valence-corrected chi connectivity index (χ4v) is 2.13. The van der Waals surface area contributed by atoms with Gasteiger partial charge in [-0.25, -0.2) is 8.42 Å². The molecule has 0 saturated heterocycles. The zero-order valence-electron chi connectivity index (χ0n) is 8.23. The summed E-state index contributed by atoms with van der Waals surface area (Å²) in [5.41, 5.74) is 1.00. The minimum atomic E-state index is -3.55. The van der Waals surface area contributed by atoms with Crippen LogP contribution < -0.4 is 4.89 Å². The molecule has 84 valence electrons. The van der Waals surface area contributed by atoms with Crippen molar-refractivity contribution in [2.45, 2.75) is 11.3 Å². The van der Waals surface area contributed by atoms with E-state index in [9.17, 15) is 8.42 Å². The molecule has 0 aromatic heterocycles. The van der Waals surface area contributed by atoms with Crippen molar-refractivity contribution in [3.63, 3.8) is 0 Å². The van der Waals surface area contributed by atoms with Crippen LogP contribution in [0.1, 0.15) is 5.56 Å². The van der Waals surface area contributed by atoms with Crippen molar-refractivity contribution < 1.29 is 13.3 Å². The molecule has 0 aliphatic carbocycles. The molecule has 0 atom stereocenters. The molecule has 0 unspecified atom stereocenters. The molecule has 0 spiro atoms. The van der Waals surface area contributed by atoms with Gasteiger partial charge in [0, 0.05) is 5.88 Å². The van der Waals surface area contributed by atoms with Crippen LogP contribution in [0.15, 0.2) is 29.2 Å². The smallest absolute Gasteiger partial charge is 0.262 e. The highest BCUT2D eigenvalue weighted by atomic mass is 35.5. The largest absolute Gasteiger partial charge is 0.290 e. The van der Waals surface area contributed by atoms with Crippen LogP contribution in [-0.4, -0.2) is 21.4 Å². The van der Waals surface area contributed by atoms with Crippen molar-refractivity contribution in [2.24, 2.45) is 0 Å². The number of hydrogen-bond acceptors (Lipinski definition) is 3. The van der Waals surface area contributed by atoms with E-state index >= 15 is 0 Å². The molecule has 0 fully saturated rings. The lowest BCUT2D eigenvalue weighted by Gasteiger charge is -2.04. The molecule has 1 aromatic carbocycles. The maximum atomic E-state index is 11.4. The Morgan fingerprint density at radius 1 is 1.33 bits per heavy atom. The van der Waals surface area contributed by atoms with E-state index in [0.717, 1.165) is 12.0 Å². The lowest BCUT2D eigenvalue weighted by atomic mass is 10.2. The Balaban J connectivity index is 2.89. The van der Waals surface area contributed by atoms with Crippen LogP contribution in [0, 0.1) is 0 Å². The van der Waals surface area contributed by atoms with Gasteiger partial charge in [0.25, 0.3) is 10.0 Å². The van der Waals surface area contributed by atoms with Gasteiger partial charge in [0.15, 0.2) is 0 Å². The molecular formula is C9H12ClNO3S. The van der Waals surface area contributed by atoms with Gasteiger partial charge in [-0.2, -0.15) is 0 Å². The highest BCUT2D eigenvalue weighted by Crippen LogP contribution is 2.11. The summed E-state index contributed by atoms with van der Waals surface area (Å²) in [5.74, 6) is 0.516. The molecule has 4 nitrogen and oxygen atoms in total. The lowest BCUT2D eigenvalue weighted by molar-refractivity contribution is 0.153. The molecule has 0 heterocycles. The van der Waals surface area contributed by atoms with Gasteiger partial charge in [-0.15, -0.1) is 11.6 Å². The monoisotopic (exact) mass is 249 g/mol. The zero-order chi connectivity index (χ0) is 11.3. The number of nitrogens with one attached hydrogen (secondary N) is 1. The second kappa shape index (κ2) is 5.46. The van der Waals surface area contributed by atoms with Crippen molar-refractivity contribution in [1.29, 1.82) is 0 Å². The Morgan fingerprint density at radius 3 is 2.40 bits per heavy atom. The molecule has 15 heavy (non-hydrogen) atoms. The third-order valence-electron chi connectivity index (χ3n) is 1.81. The summed E-state index contributed by atoms with van der Waals surface area (Å²) in [6, 6.07) is 6.49. The minimum absolute atomic E-state index is 0.169. The van der Waals surface area contributed by atoms with Gasteiger partial charge in [-0.1, -0.05) is 17.0 Å². The van der Waals surface area contributed by atoms with Gasteiger partial charge < -0.3 is 0 Å². The van der Waals surface area contributed by atoms with Crippen LogP contribution in [0.5, 0.6) is 0 Å². The van der Waals surface area contributed by atoms with E-state index in [2.05, 4.69) is 4.84 Å². The predicted octanol–water partition coefficient (Wildman–Crippen LogP) is 1.31. The van der Waals surface area contributed by atoms with Gasteiger partial charge in [-0.05, 0) is 24.1 Å². The van der Waals surface area contributed by atoms with E-state index in [1.54, 1.807) is 12.1 Å². The van der Waals surface area contributed by atoms with Crippen molar-refractivity contribution >= 4 is 21.6 Å². The molecule has 1 aromatic rings. The van der Waals surface area contributed by atoms with Crippen LogP contribution >= 0.6 is 11.6 Å². The summed E-state index contributed by atoms with van der Waals surface area (Å²) < 4.78 is 22.9. The number of halogens is 1. The molecular weight excluding hydrogens is 238 g/mol. The van der Waals surface area contributed by atoms with E-state index in [-0.39, 0.29) is 4.90 Å². The molecule has 0 amide bonds. The first-order chi connectivity index (χ1) is 7.10. The second-order valence-corrected chi connectivity index (χ2v) is 4.90. The van der Waals surface area contributed by atoms with E-state index in [4.69, 9.17) is 11.6 Å². The van der Waals surface area contributed by atoms with Crippen molar-refractivity contribution in [1.82, 2.24) is 4.89 Å². The molecule has 0 aliphatic rings. The van der Waals surface area contributed by atoms with Gasteiger partial charge in [-0.3, -0.25) is 4.84 Å². The first-order valence-electron chi connectivity index (χ1n) is 4.30. The normalized spacial score (nSPS) is 11.6. The Kier molecular flexibility index (Phi) is 4.53. The van der Waals surface area contributed by atoms with Crippen molar-refractivity contribution in [3.8, 4) is 0 Å². The molecule has 0 bridgehead atoms. The zero-order valence-corrected chi connectivity index (χ0v) is 9.81. The van der Waals surface area contributed by atoms with E-state index in [1.807, 2.05) is 4.89 Å². The Bertz CT molecular complexity index is 402. The Hall–Kier alpha value is -0.620. The number of benzene rings is 1. The average molecular weight is 250 g/mol. The van der Waals surface area contributed by atoms with Crippen LogP contribution in [0.25, 0.3) is 0 Å². The molecule has 1 N–H and O–H groups in total. The number of hydrogen-bond donors (Lipinski definition) is 1. The first kappa shape index (κ1) is 12.4. The van der Waals surface area contributed by atoms with Crippen molar-refractivity contribution in [2.75, 3.05) is 13.0 Å². The van der Waals surface area contributed by atoms with Gasteiger partial charge >= 0.3 is 0 Å². The van der Waals surface area contributed by atoms with Gasteiger partial charge in [0.2, 0.25) is 0 Å². The Labute approximate surface area is 94.2 Å². The van der Waals surface area contributed by atoms with Gasteiger partial charge in [0.05, 0.1) is 12.0 Å². The third kappa shape index (κ3) is 3.46.